The van der Waals surface area contributed by atoms with Crippen LogP contribution in [0.5, 0.6) is 5.75 Å². The minimum atomic E-state index is 0.179. The summed E-state index contributed by atoms with van der Waals surface area (Å²) in [6, 6.07) is 9.79. The summed E-state index contributed by atoms with van der Waals surface area (Å²) in [5.74, 6) is 1.06. The summed E-state index contributed by atoms with van der Waals surface area (Å²) in [5, 5.41) is 11.1. The highest BCUT2D eigenvalue weighted by atomic mass is 16.3. The highest BCUT2D eigenvalue weighted by Crippen LogP contribution is 2.46. The van der Waals surface area contributed by atoms with E-state index in [0.29, 0.717) is 11.7 Å². The number of aromatic hydroxyl groups is 1. The lowest BCUT2D eigenvalue weighted by Gasteiger charge is -2.08. The molecule has 1 aromatic heterocycles. The fraction of sp³-hybridized carbons (Fsp3) is 0.357. The van der Waals surface area contributed by atoms with Crippen LogP contribution in [0.25, 0.3) is 10.9 Å². The minimum absolute atomic E-state index is 0.179. The number of hydrogen-bond acceptors (Lipinski definition) is 1. The van der Waals surface area contributed by atoms with Gasteiger partial charge in [-0.05, 0) is 18.2 Å². The quantitative estimate of drug-likeness (QED) is 0.725. The molecule has 16 heavy (non-hydrogen) atoms. The van der Waals surface area contributed by atoms with Crippen molar-refractivity contribution in [3.63, 3.8) is 0 Å². The van der Waals surface area contributed by atoms with Gasteiger partial charge in [0.2, 0.25) is 0 Å². The highest BCUT2D eigenvalue weighted by molar-refractivity contribution is 5.81. The second-order valence-corrected chi connectivity index (χ2v) is 5.06. The number of benzene rings is 1. The van der Waals surface area contributed by atoms with Crippen molar-refractivity contribution in [2.45, 2.75) is 25.8 Å². The van der Waals surface area contributed by atoms with Crippen molar-refractivity contribution in [3.8, 4) is 5.75 Å². The van der Waals surface area contributed by atoms with Crippen LogP contribution in [0.3, 0.4) is 0 Å². The molecule has 1 fully saturated rings. The molecule has 3 rings (SSSR count). The van der Waals surface area contributed by atoms with Crippen molar-refractivity contribution in [1.82, 2.24) is 0 Å². The van der Waals surface area contributed by atoms with Crippen LogP contribution >= 0.6 is 0 Å². The predicted octanol–water partition coefficient (Wildman–Crippen LogP) is 2.59. The molecule has 2 nitrogen and oxygen atoms in total. The van der Waals surface area contributed by atoms with Crippen LogP contribution in [0.4, 0.5) is 0 Å². The first-order valence-corrected chi connectivity index (χ1v) is 5.76. The molecular weight excluding hydrogens is 198 g/mol. The van der Waals surface area contributed by atoms with Gasteiger partial charge in [-0.3, -0.25) is 0 Å². The maximum absolute atomic E-state index is 10.0. The molecule has 0 amide bonds. The molecule has 1 N–H and O–H groups in total. The molecular formula is C14H16NO+. The van der Waals surface area contributed by atoms with Crippen LogP contribution in [0, 0.1) is 5.92 Å². The average Bonchev–Trinajstić information content (AvgIpc) is 2.88. The average molecular weight is 214 g/mol. The van der Waals surface area contributed by atoms with E-state index in [1.54, 1.807) is 6.07 Å². The van der Waals surface area contributed by atoms with Crippen molar-refractivity contribution in [2.75, 3.05) is 0 Å². The Morgan fingerprint density at radius 2 is 2.00 bits per heavy atom. The molecule has 0 spiro atoms. The summed E-state index contributed by atoms with van der Waals surface area (Å²) in [4.78, 5) is 0. The van der Waals surface area contributed by atoms with Crippen LogP contribution in [0.15, 0.2) is 36.5 Å². The van der Waals surface area contributed by atoms with Gasteiger partial charge in [0.05, 0.1) is 5.39 Å². The first-order valence-electron chi connectivity index (χ1n) is 5.76. The minimum Gasteiger partial charge on any atom is -0.502 e. The molecule has 0 saturated heterocycles. The molecule has 2 aromatic rings. The second-order valence-electron chi connectivity index (χ2n) is 5.06. The molecule has 1 unspecified atom stereocenters. The van der Waals surface area contributed by atoms with Gasteiger partial charge in [0, 0.05) is 25.3 Å². The number of phenolic OH excluding ortho intramolecular Hbond substituents is 1. The molecule has 1 heterocycles. The summed E-state index contributed by atoms with van der Waals surface area (Å²) in [6.45, 7) is 4.51. The van der Waals surface area contributed by atoms with Gasteiger partial charge in [-0.2, -0.15) is 4.57 Å². The molecule has 0 aliphatic heterocycles. The molecule has 2 atom stereocenters. The number of hydrogen-bond donors (Lipinski definition) is 1. The molecule has 2 heteroatoms. The van der Waals surface area contributed by atoms with Crippen LogP contribution in [0.1, 0.15) is 20.3 Å². The molecule has 82 valence electrons. The number of pyridine rings is 1. The fourth-order valence-electron chi connectivity index (χ4n) is 2.58. The summed E-state index contributed by atoms with van der Waals surface area (Å²) >= 11 is 0. The van der Waals surface area contributed by atoms with E-state index in [-0.39, 0.29) is 5.54 Å². The van der Waals surface area contributed by atoms with E-state index >= 15 is 0 Å². The third-order valence-electron chi connectivity index (χ3n) is 3.97. The highest BCUT2D eigenvalue weighted by Gasteiger charge is 2.57. The lowest BCUT2D eigenvalue weighted by atomic mass is 10.1. The number of aromatic nitrogens is 1. The van der Waals surface area contributed by atoms with Crippen LogP contribution in [-0.2, 0) is 5.54 Å². The topological polar surface area (TPSA) is 24.1 Å². The van der Waals surface area contributed by atoms with Gasteiger partial charge >= 0.3 is 0 Å². The lowest BCUT2D eigenvalue weighted by molar-refractivity contribution is -0.714. The van der Waals surface area contributed by atoms with Crippen molar-refractivity contribution < 1.29 is 9.67 Å². The van der Waals surface area contributed by atoms with E-state index in [9.17, 15) is 5.11 Å². The van der Waals surface area contributed by atoms with E-state index in [0.717, 1.165) is 10.9 Å². The standard InChI is InChI=1S/C14H15NO/c1-10-9-14(10,2)15-8-4-6-11-5-3-7-12(16)13(11)15/h3-8,10H,9H2,1-2H3/p+1/t10?,14-/m0/s1. The van der Waals surface area contributed by atoms with Crippen molar-refractivity contribution >= 4 is 10.9 Å². The van der Waals surface area contributed by atoms with Crippen LogP contribution in [0.2, 0.25) is 0 Å². The number of fused-ring (bicyclic) bond motifs is 1. The van der Waals surface area contributed by atoms with Gasteiger partial charge in [0.15, 0.2) is 17.5 Å². The van der Waals surface area contributed by atoms with E-state index < -0.39 is 0 Å². The number of rotatable bonds is 1. The molecule has 0 bridgehead atoms. The summed E-state index contributed by atoms with van der Waals surface area (Å²) in [6.07, 6.45) is 3.26. The van der Waals surface area contributed by atoms with Gasteiger partial charge in [-0.15, -0.1) is 0 Å². The Morgan fingerprint density at radius 1 is 1.31 bits per heavy atom. The summed E-state index contributed by atoms with van der Waals surface area (Å²) in [7, 11) is 0. The molecule has 0 radical (unpaired) electrons. The Morgan fingerprint density at radius 3 is 2.69 bits per heavy atom. The van der Waals surface area contributed by atoms with Gasteiger partial charge in [0.1, 0.15) is 0 Å². The summed E-state index contributed by atoms with van der Waals surface area (Å²) in [5.41, 5.74) is 1.13. The zero-order chi connectivity index (χ0) is 11.3. The second kappa shape index (κ2) is 2.97. The zero-order valence-electron chi connectivity index (χ0n) is 9.64. The van der Waals surface area contributed by atoms with E-state index in [1.165, 1.54) is 6.42 Å². The maximum atomic E-state index is 10.0. The predicted molar refractivity (Wildman–Crippen MR) is 63.2 cm³/mol. The van der Waals surface area contributed by atoms with Crippen molar-refractivity contribution in [2.24, 2.45) is 5.92 Å². The zero-order valence-corrected chi connectivity index (χ0v) is 9.64. The Kier molecular flexibility index (Phi) is 1.79. The Bertz CT molecular complexity index is 558. The van der Waals surface area contributed by atoms with Crippen molar-refractivity contribution in [1.29, 1.82) is 0 Å². The number of nitrogens with zero attached hydrogens (tertiary/aromatic N) is 1. The van der Waals surface area contributed by atoms with E-state index in [1.807, 2.05) is 18.2 Å². The lowest BCUT2D eigenvalue weighted by Crippen LogP contribution is -2.46. The molecule has 1 saturated carbocycles. The van der Waals surface area contributed by atoms with Gasteiger partial charge < -0.3 is 5.11 Å². The van der Waals surface area contributed by atoms with Crippen LogP contribution < -0.4 is 4.57 Å². The van der Waals surface area contributed by atoms with Gasteiger partial charge in [0.25, 0.3) is 5.52 Å². The SMILES string of the molecule is CC1C[C@]1(C)[n+]1cccc2cccc(O)c21. The monoisotopic (exact) mass is 214 g/mol. The number of para-hydroxylation sites is 1. The third kappa shape index (κ3) is 1.16. The summed E-state index contributed by atoms with van der Waals surface area (Å²) < 4.78 is 2.22. The molecule has 1 aliphatic rings. The maximum Gasteiger partial charge on any atom is 0.255 e. The Balaban J connectivity index is 2.33. The van der Waals surface area contributed by atoms with Gasteiger partial charge in [-0.25, -0.2) is 0 Å². The first kappa shape index (κ1) is 9.64. The Hall–Kier alpha value is -1.57. The first-order chi connectivity index (χ1) is 7.63. The third-order valence-corrected chi connectivity index (χ3v) is 3.97. The van der Waals surface area contributed by atoms with Crippen molar-refractivity contribution in [3.05, 3.63) is 36.5 Å². The smallest absolute Gasteiger partial charge is 0.255 e. The Labute approximate surface area is 95.2 Å². The van der Waals surface area contributed by atoms with Gasteiger partial charge in [-0.1, -0.05) is 13.0 Å². The number of phenols is 1. The largest absolute Gasteiger partial charge is 0.502 e. The molecule has 1 aromatic carbocycles. The molecule has 1 aliphatic carbocycles. The van der Waals surface area contributed by atoms with Crippen LogP contribution in [-0.4, -0.2) is 5.11 Å². The van der Waals surface area contributed by atoms with E-state index in [4.69, 9.17) is 0 Å². The fourth-order valence-corrected chi connectivity index (χ4v) is 2.58. The van der Waals surface area contributed by atoms with E-state index in [2.05, 4.69) is 30.7 Å². The normalized spacial score (nSPS) is 28.2.